The molecule has 20 heteroatoms. The van der Waals surface area contributed by atoms with Gasteiger partial charge in [-0.15, -0.1) is 0 Å². The topological polar surface area (TPSA) is 199 Å². The first kappa shape index (κ1) is 53.9. The lowest BCUT2D eigenvalue weighted by Gasteiger charge is -2.58. The van der Waals surface area contributed by atoms with Gasteiger partial charge in [-0.1, -0.05) is 30.3 Å². The van der Waals surface area contributed by atoms with Gasteiger partial charge in [0.2, 0.25) is 5.88 Å². The molecule has 0 bridgehead atoms. The zero-order valence-electron chi connectivity index (χ0n) is 45.4. The first-order valence-electron chi connectivity index (χ1n) is 28.1. The van der Waals surface area contributed by atoms with Crippen LogP contribution in [0.3, 0.4) is 0 Å². The number of rotatable bonds is 13. The molecule has 6 aliphatic rings. The molecule has 6 aromatic rings. The van der Waals surface area contributed by atoms with E-state index in [9.17, 15) is 37.2 Å². The van der Waals surface area contributed by atoms with Gasteiger partial charge >= 0.3 is 0 Å². The van der Waals surface area contributed by atoms with E-state index in [-0.39, 0.29) is 47.3 Å². The van der Waals surface area contributed by atoms with Crippen LogP contribution in [0.1, 0.15) is 111 Å². The Morgan fingerprint density at radius 1 is 0.938 bits per heavy atom. The molecule has 0 unspecified atom stereocenters. The van der Waals surface area contributed by atoms with Gasteiger partial charge in [0.25, 0.3) is 21.6 Å². The molecule has 3 saturated heterocycles. The van der Waals surface area contributed by atoms with E-state index in [0.29, 0.717) is 61.4 Å². The number of hydrogen-bond donors (Lipinski definition) is 4. The van der Waals surface area contributed by atoms with E-state index in [1.165, 1.54) is 35.4 Å². The van der Waals surface area contributed by atoms with Crippen LogP contribution in [-0.2, 0) is 14.8 Å². The van der Waals surface area contributed by atoms with Gasteiger partial charge in [0.1, 0.15) is 23.1 Å². The summed E-state index contributed by atoms with van der Waals surface area (Å²) in [5.74, 6) is -2.05. The number of amides is 1. The van der Waals surface area contributed by atoms with Gasteiger partial charge in [0, 0.05) is 87.3 Å². The Morgan fingerprint density at radius 3 is 2.49 bits per heavy atom. The number of aliphatic hydroxyl groups is 1. The fourth-order valence-electron chi connectivity index (χ4n) is 13.7. The molecular weight excluding hydrogens is 1040 g/mol. The summed E-state index contributed by atoms with van der Waals surface area (Å²) in [6.45, 7) is 11.1. The second-order valence-corrected chi connectivity index (χ2v) is 25.3. The minimum absolute atomic E-state index is 0.0849. The molecule has 5 fully saturated rings. The molecule has 6 heterocycles. The van der Waals surface area contributed by atoms with Gasteiger partial charge < -0.3 is 34.7 Å². The van der Waals surface area contributed by atoms with E-state index >= 15 is 0 Å². The Balaban J connectivity index is 0.798. The van der Waals surface area contributed by atoms with Crippen LogP contribution < -0.4 is 24.6 Å². The summed E-state index contributed by atoms with van der Waals surface area (Å²) in [5, 5.41) is 26.8. The van der Waals surface area contributed by atoms with Gasteiger partial charge in [-0.05, 0) is 161 Å². The summed E-state index contributed by atoms with van der Waals surface area (Å²) in [5.41, 5.74) is 5.08. The van der Waals surface area contributed by atoms with E-state index in [2.05, 4.69) is 72.7 Å². The van der Waals surface area contributed by atoms with Crippen molar-refractivity contribution in [1.82, 2.24) is 24.5 Å². The largest absolute Gasteiger partial charge is 0.468 e. The number of anilines is 4. The lowest BCUT2D eigenvalue weighted by Crippen LogP contribution is -2.60. The van der Waals surface area contributed by atoms with E-state index < -0.39 is 54.8 Å². The van der Waals surface area contributed by atoms with Crippen LogP contribution in [0.4, 0.5) is 37.2 Å². The summed E-state index contributed by atoms with van der Waals surface area (Å²) < 4.78 is 71.6. The Hall–Kier alpha value is -6.71. The zero-order valence-corrected chi connectivity index (χ0v) is 46.2. The van der Waals surface area contributed by atoms with Gasteiger partial charge in [0.05, 0.1) is 39.3 Å². The molecule has 4 aliphatic heterocycles. The Bertz CT molecular complexity index is 3440. The van der Waals surface area contributed by atoms with Crippen molar-refractivity contribution in [2.75, 3.05) is 67.6 Å². The molecule has 2 saturated carbocycles. The Labute approximate surface area is 464 Å². The second kappa shape index (κ2) is 21.3. The third-order valence-corrected chi connectivity index (χ3v) is 19.9. The van der Waals surface area contributed by atoms with E-state index in [4.69, 9.17) is 14.5 Å². The number of ether oxygens (including phenoxy) is 2. The van der Waals surface area contributed by atoms with Crippen LogP contribution in [-0.4, -0.2) is 120 Å². The molecule has 80 heavy (non-hydrogen) atoms. The number of piperazine rings is 1. The summed E-state index contributed by atoms with van der Waals surface area (Å²) in [6.07, 6.45) is 8.66. The van der Waals surface area contributed by atoms with Crippen molar-refractivity contribution in [1.29, 1.82) is 0 Å². The van der Waals surface area contributed by atoms with Gasteiger partial charge in [0.15, 0.2) is 11.6 Å². The number of fused-ring (bicyclic) bond motifs is 3. The molecule has 1 amide bonds. The molecule has 4 atom stereocenters. The van der Waals surface area contributed by atoms with Crippen molar-refractivity contribution in [2.45, 2.75) is 119 Å². The van der Waals surface area contributed by atoms with Crippen molar-refractivity contribution in [3.8, 4) is 5.88 Å². The fourth-order valence-corrected chi connectivity index (χ4v) is 14.7. The van der Waals surface area contributed by atoms with Crippen LogP contribution in [0.2, 0.25) is 0 Å². The minimum Gasteiger partial charge on any atom is -0.468 e. The number of aryl methyl sites for hydroxylation is 1. The van der Waals surface area contributed by atoms with Gasteiger partial charge in [-0.25, -0.2) is 21.9 Å². The molecular formula is C60H69F2N9O8S. The van der Waals surface area contributed by atoms with E-state index in [1.807, 2.05) is 31.2 Å². The third kappa shape index (κ3) is 10.5. The van der Waals surface area contributed by atoms with Crippen molar-refractivity contribution in [3.63, 3.8) is 0 Å². The molecule has 4 N–H and O–H groups in total. The number of carbonyl (C=O) groups is 1. The molecule has 17 nitrogen and oxygen atoms in total. The van der Waals surface area contributed by atoms with E-state index in [1.54, 1.807) is 18.3 Å². The molecule has 2 aliphatic carbocycles. The van der Waals surface area contributed by atoms with Crippen LogP contribution in [0.5, 0.6) is 5.88 Å². The van der Waals surface area contributed by atoms with Crippen molar-refractivity contribution < 1.29 is 41.5 Å². The first-order valence-corrected chi connectivity index (χ1v) is 29.6. The van der Waals surface area contributed by atoms with Crippen LogP contribution in [0.15, 0.2) is 102 Å². The normalized spacial score (nSPS) is 24.8. The Morgan fingerprint density at radius 2 is 1.73 bits per heavy atom. The first-order chi connectivity index (χ1) is 38.4. The number of nitrogens with zero attached hydrogens (tertiary/aromatic N) is 6. The number of pyridine rings is 1. The maximum Gasteiger partial charge on any atom is 0.293 e. The average molecular weight is 1110 g/mol. The number of aromatic amines is 1. The highest BCUT2D eigenvalue weighted by atomic mass is 32.2. The lowest BCUT2D eigenvalue weighted by atomic mass is 9.59. The van der Waals surface area contributed by atoms with Gasteiger partial charge in [-0.2, -0.15) is 4.98 Å². The maximum absolute atomic E-state index is 14.8. The molecule has 4 aromatic carbocycles. The number of H-pyrrole nitrogens is 1. The summed E-state index contributed by atoms with van der Waals surface area (Å²) >= 11 is 0. The smallest absolute Gasteiger partial charge is 0.293 e. The number of halogens is 2. The minimum atomic E-state index is -4.66. The number of benzene rings is 4. The number of piperidine rings is 1. The highest BCUT2D eigenvalue weighted by Gasteiger charge is 2.51. The fraction of sp³-hybridized carbons (Fsp3) is 0.467. The number of nitro groups is 1. The summed E-state index contributed by atoms with van der Waals surface area (Å²) in [4.78, 5) is 43.6. The number of carbonyl (C=O) groups excluding carboxylic acids is 1. The third-order valence-electron chi connectivity index (χ3n) is 18.5. The van der Waals surface area contributed by atoms with E-state index in [0.717, 1.165) is 94.0 Å². The van der Waals surface area contributed by atoms with Crippen LogP contribution >= 0.6 is 0 Å². The SMILES string of the molecule is Cc1ccccc1[C@@H]1CN([C@H](C)c2ccc(F)c(F)c2)CCN1C1CC2(CCN(c3ccc(C(=O)NS(=O)(=O)c4ccc(NCC5CCC(C)(O)CC5)c([N+](=O)[O-])c4)c(N4c5cc6cc[nH]c6nc5O[C@H]5COCC[C@@H]54)c3)CC2)C1. The number of hydrogen-bond acceptors (Lipinski definition) is 14. The summed E-state index contributed by atoms with van der Waals surface area (Å²) in [7, 11) is -4.66. The number of nitrogens with one attached hydrogen (secondary N) is 3. The average Bonchev–Trinajstić information content (AvgIpc) is 4.05. The molecule has 12 rings (SSSR count). The maximum atomic E-state index is 14.8. The highest BCUT2D eigenvalue weighted by molar-refractivity contribution is 7.90. The van der Waals surface area contributed by atoms with Gasteiger partial charge in [-0.3, -0.25) is 24.7 Å². The summed E-state index contributed by atoms with van der Waals surface area (Å²) in [6, 6.07) is 25.9. The lowest BCUT2D eigenvalue weighted by molar-refractivity contribution is -0.384. The highest BCUT2D eigenvalue weighted by Crippen LogP contribution is 2.54. The van der Waals surface area contributed by atoms with Crippen molar-refractivity contribution in [2.24, 2.45) is 11.3 Å². The number of aromatic nitrogens is 2. The monoisotopic (exact) mass is 1110 g/mol. The van der Waals surface area contributed by atoms with Crippen molar-refractivity contribution in [3.05, 3.63) is 141 Å². The standard InChI is InChI=1S/C60H69F2N9O8S/c1-37-6-4-5-7-45(37)54-35-68(38(2)40-8-12-47(61)48(62)28-40)25-26-69(54)43-32-60(33-43)20-23-67(24-21-60)42-9-11-46(51(30-42)70-50-17-27-78-36-55(50)79-58-53(70)29-41-16-22-63-56(41)65-58)57(72)66-80(76,77)44-10-13-49(52(31-44)71(74)75)64-34-39-14-18-59(3,73)19-15-39/h4-13,16,22,28-31,38-39,43,50,54-55,64,73H,14-15,17-21,23-27,32-36H2,1-3H3,(H,63,65)(H,66,72)/t38-,39?,50+,54+,55+,59?/m1/s1. The molecule has 2 aromatic heterocycles. The molecule has 0 radical (unpaired) electrons. The number of nitro benzene ring substituents is 1. The number of sulfonamides is 1. The second-order valence-electron chi connectivity index (χ2n) is 23.6. The predicted octanol–water partition coefficient (Wildman–Crippen LogP) is 10.1. The quantitative estimate of drug-likeness (QED) is 0.0629. The predicted molar refractivity (Wildman–Crippen MR) is 301 cm³/mol. The zero-order chi connectivity index (χ0) is 55.7. The molecule has 1 spiro atoms. The van der Waals surface area contributed by atoms with Crippen LogP contribution in [0.25, 0.3) is 11.0 Å². The van der Waals surface area contributed by atoms with Crippen molar-refractivity contribution >= 4 is 55.4 Å². The van der Waals surface area contributed by atoms with Crippen LogP contribution in [0, 0.1) is 40.0 Å². The Kier molecular flexibility index (Phi) is 14.4. The molecule has 422 valence electrons.